The lowest BCUT2D eigenvalue weighted by atomic mass is 9.86. The van der Waals surface area contributed by atoms with Crippen molar-refractivity contribution in [2.24, 2.45) is 11.8 Å². The Bertz CT molecular complexity index is 1750. The molecule has 5 aliphatic rings. The predicted octanol–water partition coefficient (Wildman–Crippen LogP) is 3.72. The van der Waals surface area contributed by atoms with Crippen LogP contribution >= 0.6 is 0 Å². The molecule has 2 spiro atoms. The van der Waals surface area contributed by atoms with Gasteiger partial charge in [0.1, 0.15) is 24.0 Å². The van der Waals surface area contributed by atoms with Gasteiger partial charge in [0.05, 0.1) is 59.7 Å². The lowest BCUT2D eigenvalue weighted by Crippen LogP contribution is -2.57. The summed E-state index contributed by atoms with van der Waals surface area (Å²) in [7, 11) is 3.10. The van der Waals surface area contributed by atoms with E-state index in [1.54, 1.807) is 55.6 Å². The molecule has 5 aliphatic heterocycles. The van der Waals surface area contributed by atoms with Crippen LogP contribution in [-0.4, -0.2) is 124 Å². The predicted molar refractivity (Wildman–Crippen MR) is 184 cm³/mol. The number of benzene rings is 2. The molecule has 5 heterocycles. The van der Waals surface area contributed by atoms with Crippen molar-refractivity contribution in [1.29, 1.82) is 0 Å². The summed E-state index contributed by atoms with van der Waals surface area (Å²) < 4.78 is 112. The maximum Gasteiger partial charge on any atom is 0.312 e. The highest BCUT2D eigenvalue weighted by atomic mass is 16.7. The first-order chi connectivity index (χ1) is 27.8. The lowest BCUT2D eigenvalue weighted by Gasteiger charge is -2.43. The maximum atomic E-state index is 13.3. The maximum absolute atomic E-state index is 13.3. The number of ketones is 1. The van der Waals surface area contributed by atoms with E-state index in [4.69, 9.17) is 48.9 Å². The molecule has 5 saturated heterocycles. The molecule has 0 bridgehead atoms. The fourth-order valence-corrected chi connectivity index (χ4v) is 6.55. The first-order valence-corrected chi connectivity index (χ1v) is 17.1. The van der Waals surface area contributed by atoms with Gasteiger partial charge in [-0.2, -0.15) is 0 Å². The Labute approximate surface area is 311 Å². The number of nitrogens with zero attached hydrogens (tertiary/aromatic N) is 2. The number of methoxy groups -OCH3 is 2. The van der Waals surface area contributed by atoms with Crippen LogP contribution in [0.2, 0.25) is 0 Å². The largest absolute Gasteiger partial charge is 0.497 e. The lowest BCUT2D eigenvalue weighted by molar-refractivity contribution is -0.229. The molecule has 0 radical (unpaired) electrons. The molecule has 5 fully saturated rings. The average Bonchev–Trinajstić information content (AvgIpc) is 3.87. The number of aliphatic carboxylic acids is 1. The highest BCUT2D eigenvalue weighted by Gasteiger charge is 2.52. The number of piperidine rings is 2. The number of carbonyl (C=O) groups is 2. The number of likely N-dealkylation sites (tertiary alicyclic amines) is 2. The highest BCUT2D eigenvalue weighted by Crippen LogP contribution is 2.38. The van der Waals surface area contributed by atoms with Crippen LogP contribution in [0, 0.1) is 11.8 Å². The molecule has 0 amide bonds. The number of hydrogen-bond acceptors (Lipinski definition) is 12. The molecule has 2 aromatic carbocycles. The first kappa shape index (κ1) is 28.4. The smallest absolute Gasteiger partial charge is 0.312 e. The van der Waals surface area contributed by atoms with Crippen LogP contribution < -0.4 is 9.47 Å². The second-order valence-corrected chi connectivity index (χ2v) is 12.7. The van der Waals surface area contributed by atoms with Gasteiger partial charge >= 0.3 is 5.97 Å². The Morgan fingerprint density at radius 2 is 1.25 bits per heavy atom. The molecule has 13 heteroatoms. The molecular weight excluding hydrogens is 660 g/mol. The van der Waals surface area contributed by atoms with E-state index in [1.807, 2.05) is 0 Å². The van der Waals surface area contributed by atoms with Crippen molar-refractivity contribution in [3.63, 3.8) is 0 Å². The van der Waals surface area contributed by atoms with Crippen LogP contribution in [0.3, 0.4) is 0 Å². The summed E-state index contributed by atoms with van der Waals surface area (Å²) in [5.41, 5.74) is 1.50. The van der Waals surface area contributed by atoms with E-state index in [1.165, 1.54) is 16.9 Å². The fraction of sp³-hybridized carbons (Fsp3) is 0.632. The van der Waals surface area contributed by atoms with Gasteiger partial charge in [-0.3, -0.25) is 19.4 Å². The second kappa shape index (κ2) is 17.6. The molecule has 1 N–H and O–H groups in total. The van der Waals surface area contributed by atoms with Gasteiger partial charge in [0.25, 0.3) is 0 Å². The quantitative estimate of drug-likeness (QED) is 0.362. The molecule has 0 aromatic heterocycles. The van der Waals surface area contributed by atoms with Crippen LogP contribution in [-0.2, 0) is 51.1 Å². The molecule has 280 valence electrons. The normalized spacial score (nSPS) is 32.3. The van der Waals surface area contributed by atoms with Crippen LogP contribution in [0.5, 0.6) is 11.5 Å². The van der Waals surface area contributed by atoms with E-state index in [0.29, 0.717) is 24.5 Å². The Morgan fingerprint density at radius 3 is 1.71 bits per heavy atom. The average molecular weight is 721 g/mol. The minimum Gasteiger partial charge on any atom is -0.497 e. The van der Waals surface area contributed by atoms with Crippen LogP contribution in [0.4, 0.5) is 0 Å². The van der Waals surface area contributed by atoms with Crippen LogP contribution in [0.25, 0.3) is 0 Å². The summed E-state index contributed by atoms with van der Waals surface area (Å²) >= 11 is 0. The molecule has 7 rings (SSSR count). The van der Waals surface area contributed by atoms with Crippen molar-refractivity contribution in [2.75, 3.05) is 79.9 Å². The van der Waals surface area contributed by atoms with Crippen LogP contribution in [0.1, 0.15) is 54.1 Å². The summed E-state index contributed by atoms with van der Waals surface area (Å²) in [6.07, 6.45) is -3.30. The van der Waals surface area contributed by atoms with Crippen molar-refractivity contribution in [3.8, 4) is 11.5 Å². The summed E-state index contributed by atoms with van der Waals surface area (Å²) in [4.78, 5) is 27.6. The van der Waals surface area contributed by atoms with Gasteiger partial charge in [0, 0.05) is 30.7 Å². The van der Waals surface area contributed by atoms with E-state index in [0.717, 1.165) is 24.0 Å². The zero-order chi connectivity index (χ0) is 42.9. The third-order valence-electron chi connectivity index (χ3n) is 9.17. The van der Waals surface area contributed by atoms with Crippen molar-refractivity contribution in [1.82, 2.24) is 9.80 Å². The number of carbonyl (C=O) groups excluding carboxylic acids is 1. The number of carboxylic acid groups (broad SMARTS) is 1. The fourth-order valence-electron chi connectivity index (χ4n) is 6.55. The van der Waals surface area contributed by atoms with E-state index in [-0.39, 0.29) is 52.6 Å². The number of ether oxygens (including phenoxy) is 8. The van der Waals surface area contributed by atoms with Gasteiger partial charge in [0.15, 0.2) is 23.6 Å². The zero-order valence-corrected chi connectivity index (χ0v) is 29.0. The van der Waals surface area contributed by atoms with E-state index in [2.05, 4.69) is 0 Å². The van der Waals surface area contributed by atoms with Gasteiger partial charge in [-0.1, -0.05) is 24.3 Å². The number of carboxylic acids is 1. The van der Waals surface area contributed by atoms with Crippen molar-refractivity contribution < 1.29 is 63.6 Å². The van der Waals surface area contributed by atoms with E-state index < -0.39 is 73.8 Å². The summed E-state index contributed by atoms with van der Waals surface area (Å²) in [6.45, 7) is -4.26. The van der Waals surface area contributed by atoms with Gasteiger partial charge in [-0.05, 0) is 80.4 Å². The van der Waals surface area contributed by atoms with Gasteiger partial charge < -0.3 is 43.0 Å². The van der Waals surface area contributed by atoms with Crippen molar-refractivity contribution >= 4 is 11.8 Å². The molecule has 2 aromatic rings. The third kappa shape index (κ3) is 9.46. The molecule has 51 heavy (non-hydrogen) atoms. The minimum absolute atomic E-state index is 0.0668. The standard InChI is InChI=1S/C22H31NO6.C16H21NO5/c1-25-18-7-5-17(6-8-18)14-23-10-9-19(22(16-23)28-12-13-29-22)20(24)15-27-21-4-2-3-11-26-21;1-20-13-4-2-12(3-5-13)10-17-7-6-14(15(18)19)16(11-17)21-8-9-22-16/h5-8,19,21H,2-4,9-16H2,1H3;2-5,14H,6-11H2,1H3,(H,18,19)/i9D2,10D2;6D2,7D2. The van der Waals surface area contributed by atoms with E-state index in [9.17, 15) is 14.7 Å². The van der Waals surface area contributed by atoms with Gasteiger partial charge in [0.2, 0.25) is 0 Å². The molecular formula is C38H52N2O11. The van der Waals surface area contributed by atoms with Gasteiger partial charge in [-0.15, -0.1) is 0 Å². The van der Waals surface area contributed by atoms with Crippen LogP contribution in [0.15, 0.2) is 48.5 Å². The zero-order valence-electron chi connectivity index (χ0n) is 37.0. The Kier molecular flexibility index (Phi) is 9.78. The molecule has 3 unspecified atom stereocenters. The minimum atomic E-state index is -2.73. The highest BCUT2D eigenvalue weighted by molar-refractivity contribution is 5.83. The summed E-state index contributed by atoms with van der Waals surface area (Å²) in [6, 6.07) is 14.1. The molecule has 0 aliphatic carbocycles. The number of Topliss-reactive ketones (excluding diaryl/α,β-unsaturated/α-hetero) is 1. The summed E-state index contributed by atoms with van der Waals surface area (Å²) in [5, 5.41) is 9.57. The number of rotatable bonds is 11. The topological polar surface area (TPSA) is 135 Å². The first-order valence-electron chi connectivity index (χ1n) is 21.1. The third-order valence-corrected chi connectivity index (χ3v) is 9.17. The Balaban J connectivity index is 0.000000204. The molecule has 3 atom stereocenters. The second-order valence-electron chi connectivity index (χ2n) is 12.7. The monoisotopic (exact) mass is 720 g/mol. The van der Waals surface area contributed by atoms with Crippen molar-refractivity contribution in [3.05, 3.63) is 59.7 Å². The Hall–Kier alpha value is -3.14. The molecule has 13 nitrogen and oxygen atoms in total. The van der Waals surface area contributed by atoms with Crippen molar-refractivity contribution in [2.45, 2.75) is 63.0 Å². The Morgan fingerprint density at radius 1 is 0.765 bits per heavy atom. The van der Waals surface area contributed by atoms with E-state index >= 15 is 0 Å². The van der Waals surface area contributed by atoms with Gasteiger partial charge in [-0.25, -0.2) is 0 Å². The number of hydrogen-bond donors (Lipinski definition) is 1. The SMILES string of the molecule is [2H]C1([2H])C(C(=O)COC2CCCCO2)C2(CN(Cc3ccc(OC)cc3)C1([2H])[2H])OCCO2.[2H]C1([2H])C(C(=O)O)C2(CN(Cc3ccc(OC)cc3)C1([2H])[2H])OCCO2. The summed E-state index contributed by atoms with van der Waals surface area (Å²) in [5.74, 6) is -7.33. The molecule has 0 saturated carbocycles.